The summed E-state index contributed by atoms with van der Waals surface area (Å²) in [5.41, 5.74) is 3.05. The van der Waals surface area contributed by atoms with Gasteiger partial charge in [-0.2, -0.15) is 13.2 Å². The van der Waals surface area contributed by atoms with Gasteiger partial charge in [0.15, 0.2) is 0 Å². The van der Waals surface area contributed by atoms with Crippen LogP contribution in [-0.2, 0) is 6.18 Å². The van der Waals surface area contributed by atoms with E-state index >= 15 is 0 Å². The molecule has 98 valence electrons. The van der Waals surface area contributed by atoms with Crippen LogP contribution in [0.15, 0.2) is 18.2 Å². The third-order valence-corrected chi connectivity index (χ3v) is 1.96. The second-order valence-electron chi connectivity index (χ2n) is 3.09. The molecule has 0 aromatic heterocycles. The van der Waals surface area contributed by atoms with Gasteiger partial charge >= 0.3 is 6.18 Å². The fourth-order valence-corrected chi connectivity index (χ4v) is 1.11. The van der Waals surface area contributed by atoms with Gasteiger partial charge in [0.05, 0.1) is 11.6 Å². The van der Waals surface area contributed by atoms with Crippen LogP contribution in [0.2, 0.25) is 0 Å². The molecule has 1 aromatic rings. The summed E-state index contributed by atoms with van der Waals surface area (Å²) in [6, 6.07) is -0.644. The van der Waals surface area contributed by atoms with Gasteiger partial charge in [0.2, 0.25) is 0 Å². The van der Waals surface area contributed by atoms with Crippen molar-refractivity contribution < 1.29 is 26.3 Å². The molecule has 0 aliphatic heterocycles. The Hall–Kier alpha value is -0.950. The monoisotopic (exact) mass is 279 g/mol. The quantitative estimate of drug-likeness (QED) is 0.824. The van der Waals surface area contributed by atoms with Crippen molar-refractivity contribution in [3.05, 3.63) is 35.1 Å². The van der Waals surface area contributed by atoms with E-state index in [1.54, 1.807) is 0 Å². The highest BCUT2D eigenvalue weighted by Crippen LogP contribution is 2.31. The largest absolute Gasteiger partial charge is 0.416 e. The van der Waals surface area contributed by atoms with E-state index in [0.717, 1.165) is 0 Å². The first-order valence-electron chi connectivity index (χ1n) is 4.14. The van der Waals surface area contributed by atoms with Crippen LogP contribution in [0.3, 0.4) is 0 Å². The van der Waals surface area contributed by atoms with Crippen molar-refractivity contribution in [1.29, 1.82) is 0 Å². The molecule has 0 radical (unpaired) electrons. The van der Waals surface area contributed by atoms with Crippen molar-refractivity contribution in [3.8, 4) is 0 Å². The van der Waals surface area contributed by atoms with Gasteiger partial charge in [-0.25, -0.2) is 13.2 Å². The molecule has 0 bridgehead atoms. The van der Waals surface area contributed by atoms with Crippen LogP contribution in [0.5, 0.6) is 0 Å². The highest BCUT2D eigenvalue weighted by atomic mass is 35.5. The number of hydrogen-bond donors (Lipinski definition) is 1. The fraction of sp³-hybridized carbons (Fsp3) is 0.333. The minimum absolute atomic E-state index is 0. The molecule has 1 atom stereocenters. The fourth-order valence-electron chi connectivity index (χ4n) is 1.11. The van der Waals surface area contributed by atoms with Gasteiger partial charge in [-0.05, 0) is 12.1 Å². The third kappa shape index (κ3) is 3.78. The maximum absolute atomic E-state index is 13.1. The minimum Gasteiger partial charge on any atom is -0.319 e. The zero-order valence-corrected chi connectivity index (χ0v) is 8.96. The van der Waals surface area contributed by atoms with Crippen molar-refractivity contribution in [2.45, 2.75) is 18.6 Å². The first kappa shape index (κ1) is 16.1. The van der Waals surface area contributed by atoms with E-state index in [1.807, 2.05) is 0 Å². The average Bonchev–Trinajstić information content (AvgIpc) is 2.15. The standard InChI is InChI=1S/C9H7F6N.ClH/c10-6-3-4(9(13,14)15)1-2-5(6)7(16)8(11)12;/h1-3,7-8H,16H2;1H/t7-;/m0./s1. The summed E-state index contributed by atoms with van der Waals surface area (Å²) >= 11 is 0. The zero-order chi connectivity index (χ0) is 12.5. The van der Waals surface area contributed by atoms with Gasteiger partial charge in [-0.3, -0.25) is 0 Å². The summed E-state index contributed by atoms with van der Waals surface area (Å²) < 4.78 is 73.6. The maximum Gasteiger partial charge on any atom is 0.416 e. The lowest BCUT2D eigenvalue weighted by atomic mass is 10.0. The number of benzene rings is 1. The first-order valence-corrected chi connectivity index (χ1v) is 4.14. The van der Waals surface area contributed by atoms with Crippen molar-refractivity contribution in [3.63, 3.8) is 0 Å². The number of halogens is 7. The van der Waals surface area contributed by atoms with E-state index in [9.17, 15) is 26.3 Å². The molecule has 0 unspecified atom stereocenters. The Bertz CT molecular complexity index is 378. The Morgan fingerprint density at radius 1 is 1.12 bits per heavy atom. The van der Waals surface area contributed by atoms with E-state index in [-0.39, 0.29) is 18.5 Å². The molecule has 1 rings (SSSR count). The van der Waals surface area contributed by atoms with Crippen LogP contribution in [0, 0.1) is 5.82 Å². The van der Waals surface area contributed by atoms with Gasteiger partial charge in [-0.15, -0.1) is 12.4 Å². The van der Waals surface area contributed by atoms with Crippen LogP contribution in [0.1, 0.15) is 17.2 Å². The highest BCUT2D eigenvalue weighted by Gasteiger charge is 2.32. The maximum atomic E-state index is 13.1. The molecular formula is C9H8ClF6N. The van der Waals surface area contributed by atoms with Crippen molar-refractivity contribution >= 4 is 12.4 Å². The molecule has 2 N–H and O–H groups in total. The second kappa shape index (κ2) is 5.59. The van der Waals surface area contributed by atoms with Crippen molar-refractivity contribution in [2.24, 2.45) is 5.73 Å². The molecule has 0 spiro atoms. The molecule has 1 nitrogen and oxygen atoms in total. The number of rotatable bonds is 2. The Morgan fingerprint density at radius 2 is 1.65 bits per heavy atom. The molecule has 0 saturated carbocycles. The van der Waals surface area contributed by atoms with Gasteiger partial charge in [-0.1, -0.05) is 6.07 Å². The van der Waals surface area contributed by atoms with Crippen molar-refractivity contribution in [2.75, 3.05) is 0 Å². The van der Waals surface area contributed by atoms with Crippen molar-refractivity contribution in [1.82, 2.24) is 0 Å². The number of nitrogens with two attached hydrogens (primary N) is 1. The van der Waals surface area contributed by atoms with Crippen LogP contribution >= 0.6 is 12.4 Å². The van der Waals surface area contributed by atoms with Gasteiger partial charge in [0, 0.05) is 5.56 Å². The Labute approximate surface area is 99.0 Å². The third-order valence-electron chi connectivity index (χ3n) is 1.96. The van der Waals surface area contributed by atoms with E-state index in [0.29, 0.717) is 12.1 Å². The predicted molar refractivity (Wildman–Crippen MR) is 51.6 cm³/mol. The van der Waals surface area contributed by atoms with Crippen LogP contribution < -0.4 is 5.73 Å². The highest BCUT2D eigenvalue weighted by molar-refractivity contribution is 5.85. The van der Waals surface area contributed by atoms with E-state index in [4.69, 9.17) is 5.73 Å². The second-order valence-corrected chi connectivity index (χ2v) is 3.09. The number of hydrogen-bond acceptors (Lipinski definition) is 1. The lowest BCUT2D eigenvalue weighted by molar-refractivity contribution is -0.137. The topological polar surface area (TPSA) is 26.0 Å². The predicted octanol–water partition coefficient (Wildman–Crippen LogP) is 3.53. The SMILES string of the molecule is Cl.N[C@@H](c1ccc(C(F)(F)F)cc1F)C(F)F. The lowest BCUT2D eigenvalue weighted by Crippen LogP contribution is -2.20. The van der Waals surface area contributed by atoms with E-state index < -0.39 is 35.6 Å². The molecule has 8 heteroatoms. The number of alkyl halides is 5. The summed E-state index contributed by atoms with van der Waals surface area (Å²) in [6.45, 7) is 0. The molecule has 17 heavy (non-hydrogen) atoms. The minimum atomic E-state index is -4.71. The summed E-state index contributed by atoms with van der Waals surface area (Å²) in [7, 11) is 0. The average molecular weight is 280 g/mol. The lowest BCUT2D eigenvalue weighted by Gasteiger charge is -2.13. The summed E-state index contributed by atoms with van der Waals surface area (Å²) in [6.07, 6.45) is -7.75. The molecule has 0 fully saturated rings. The normalized spacial score (nSPS) is 13.4. The first-order chi connectivity index (χ1) is 7.23. The van der Waals surface area contributed by atoms with Gasteiger partial charge in [0.1, 0.15) is 5.82 Å². The smallest absolute Gasteiger partial charge is 0.319 e. The summed E-state index contributed by atoms with van der Waals surface area (Å²) in [5, 5.41) is 0. The van der Waals surface area contributed by atoms with Crippen LogP contribution in [-0.4, -0.2) is 6.43 Å². The molecular weight excluding hydrogens is 272 g/mol. The Balaban J connectivity index is 0.00000256. The zero-order valence-electron chi connectivity index (χ0n) is 8.14. The molecule has 0 saturated heterocycles. The molecule has 1 aromatic carbocycles. The molecule has 0 aliphatic carbocycles. The van der Waals surface area contributed by atoms with E-state index in [1.165, 1.54) is 0 Å². The van der Waals surface area contributed by atoms with Gasteiger partial charge < -0.3 is 5.73 Å². The van der Waals surface area contributed by atoms with Crippen LogP contribution in [0.25, 0.3) is 0 Å². The van der Waals surface area contributed by atoms with Crippen LogP contribution in [0.4, 0.5) is 26.3 Å². The Morgan fingerprint density at radius 3 is 2.00 bits per heavy atom. The van der Waals surface area contributed by atoms with E-state index in [2.05, 4.69) is 0 Å². The van der Waals surface area contributed by atoms with Gasteiger partial charge in [0.25, 0.3) is 6.43 Å². The summed E-state index contributed by atoms with van der Waals surface area (Å²) in [4.78, 5) is 0. The molecule has 0 aliphatic rings. The summed E-state index contributed by atoms with van der Waals surface area (Å²) in [5.74, 6) is -1.39. The Kier molecular flexibility index (Phi) is 5.28. The molecule has 0 heterocycles. The molecule has 0 amide bonds.